The van der Waals surface area contributed by atoms with Gasteiger partial charge < -0.3 is 0 Å². The van der Waals surface area contributed by atoms with Crippen molar-refractivity contribution in [2.75, 3.05) is 0 Å². The van der Waals surface area contributed by atoms with Crippen molar-refractivity contribution < 1.29 is 26.2 Å². The molecule has 0 fully saturated rings. The van der Waals surface area contributed by atoms with Crippen LogP contribution in [0.5, 0.6) is 0 Å². The maximum absolute atomic E-state index is 2.37. The second-order valence-electron chi connectivity index (χ2n) is 3.78. The molecule has 14 heavy (non-hydrogen) atoms. The van der Waals surface area contributed by atoms with Crippen LogP contribution in [0.2, 0.25) is 0 Å². The molecule has 0 amide bonds. The van der Waals surface area contributed by atoms with Crippen LogP contribution in [0, 0.1) is 0 Å². The molecule has 0 bridgehead atoms. The molecule has 0 saturated carbocycles. The Morgan fingerprint density at radius 2 is 2.00 bits per heavy atom. The fraction of sp³-hybridized carbons (Fsp3) is 0.385. The molecule has 72 valence electrons. The van der Waals surface area contributed by atoms with E-state index in [9.17, 15) is 0 Å². The molecule has 0 saturated heterocycles. The van der Waals surface area contributed by atoms with Crippen LogP contribution >= 0.6 is 0 Å². The third-order valence-corrected chi connectivity index (χ3v) is 2.68. The summed E-state index contributed by atoms with van der Waals surface area (Å²) < 4.78 is 0. The van der Waals surface area contributed by atoms with Crippen molar-refractivity contribution in [3.63, 3.8) is 0 Å². The molecule has 0 aliphatic heterocycles. The van der Waals surface area contributed by atoms with Crippen molar-refractivity contribution in [2.45, 2.75) is 32.6 Å². The normalized spacial score (nSPS) is 13.1. The second-order valence-corrected chi connectivity index (χ2v) is 3.78. The predicted molar refractivity (Wildman–Crippen MR) is 57.6 cm³/mol. The maximum Gasteiger partial charge on any atom is 0 e. The fourth-order valence-electron chi connectivity index (χ4n) is 1.92. The van der Waals surface area contributed by atoms with Crippen molar-refractivity contribution in [1.29, 1.82) is 0 Å². The van der Waals surface area contributed by atoms with Crippen LogP contribution < -0.4 is 0 Å². The molecule has 0 heterocycles. The van der Waals surface area contributed by atoms with Gasteiger partial charge in [0.25, 0.3) is 0 Å². The van der Waals surface area contributed by atoms with E-state index in [1.807, 2.05) is 0 Å². The van der Waals surface area contributed by atoms with Gasteiger partial charge in [0.1, 0.15) is 0 Å². The molecule has 1 aromatic carbocycles. The second kappa shape index (κ2) is 5.66. The third-order valence-electron chi connectivity index (χ3n) is 2.68. The third kappa shape index (κ3) is 2.67. The number of allylic oxidation sites excluding steroid dienone is 1. The molecule has 0 radical (unpaired) electrons. The summed E-state index contributed by atoms with van der Waals surface area (Å²) in [4.78, 5) is 0. The van der Waals surface area contributed by atoms with Gasteiger partial charge in [-0.05, 0) is 30.4 Å². The number of fused-ring (bicyclic) bond motifs is 1. The summed E-state index contributed by atoms with van der Waals surface area (Å²) in [6.07, 6.45) is 7.47. The summed E-state index contributed by atoms with van der Waals surface area (Å²) in [5, 5.41) is 0. The van der Waals surface area contributed by atoms with Gasteiger partial charge in [0.05, 0.1) is 0 Å². The average molecular weight is 263 g/mol. The zero-order valence-corrected chi connectivity index (χ0v) is 11.2. The summed E-state index contributed by atoms with van der Waals surface area (Å²) >= 11 is 0. The van der Waals surface area contributed by atoms with Crippen molar-refractivity contribution in [2.24, 2.45) is 0 Å². The van der Waals surface area contributed by atoms with Crippen LogP contribution in [-0.2, 0) is 32.6 Å². The van der Waals surface area contributed by atoms with Crippen LogP contribution in [-0.4, -0.2) is 0 Å². The summed E-state index contributed by atoms with van der Waals surface area (Å²) in [6.45, 7) is 2.25. The first kappa shape index (κ1) is 11.9. The largest absolute Gasteiger partial charge is 0.0654 e. The molecule has 1 aliphatic rings. The van der Waals surface area contributed by atoms with E-state index < -0.39 is 0 Å². The quantitative estimate of drug-likeness (QED) is 0.778. The molecule has 0 atom stereocenters. The molecule has 0 spiro atoms. The molecule has 0 aromatic heterocycles. The summed E-state index contributed by atoms with van der Waals surface area (Å²) in [6, 6.07) is 8.71. The minimum absolute atomic E-state index is 0. The topological polar surface area (TPSA) is 0 Å². The van der Waals surface area contributed by atoms with Crippen LogP contribution in [0.25, 0.3) is 6.08 Å². The SMILES string of the molecule is CCCCC1=Cc2ccccc2C1.[Zr]. The molecule has 2 rings (SSSR count). The fourth-order valence-corrected chi connectivity index (χ4v) is 1.92. The Bertz CT molecular complexity index is 326. The van der Waals surface area contributed by atoms with E-state index in [2.05, 4.69) is 37.3 Å². The van der Waals surface area contributed by atoms with Gasteiger partial charge >= 0.3 is 0 Å². The summed E-state index contributed by atoms with van der Waals surface area (Å²) in [7, 11) is 0. The molecule has 0 nitrogen and oxygen atoms in total. The van der Waals surface area contributed by atoms with E-state index in [1.165, 1.54) is 36.8 Å². The van der Waals surface area contributed by atoms with E-state index in [0.717, 1.165) is 0 Å². The molecule has 1 aromatic rings. The van der Waals surface area contributed by atoms with E-state index in [1.54, 1.807) is 5.57 Å². The first-order valence-corrected chi connectivity index (χ1v) is 5.17. The Balaban J connectivity index is 0.000000980. The van der Waals surface area contributed by atoms with E-state index in [-0.39, 0.29) is 26.2 Å². The Hall–Kier alpha value is -0.157. The van der Waals surface area contributed by atoms with Crippen LogP contribution in [0.4, 0.5) is 0 Å². The first-order valence-electron chi connectivity index (χ1n) is 5.17. The minimum Gasteiger partial charge on any atom is -0.0654 e. The average Bonchev–Trinajstić information content (AvgIpc) is 2.57. The van der Waals surface area contributed by atoms with Gasteiger partial charge in [-0.25, -0.2) is 0 Å². The van der Waals surface area contributed by atoms with Gasteiger partial charge in [0.2, 0.25) is 0 Å². The maximum atomic E-state index is 2.37. The number of hydrogen-bond acceptors (Lipinski definition) is 0. The Labute approximate surface area is 106 Å². The molecule has 0 unspecified atom stereocenters. The van der Waals surface area contributed by atoms with Crippen molar-refractivity contribution in [3.05, 3.63) is 41.0 Å². The zero-order valence-electron chi connectivity index (χ0n) is 8.72. The Morgan fingerprint density at radius 1 is 1.21 bits per heavy atom. The van der Waals surface area contributed by atoms with Gasteiger partial charge in [-0.1, -0.05) is 49.3 Å². The molecular formula is C13H16Zr. The van der Waals surface area contributed by atoms with Crippen molar-refractivity contribution >= 4 is 6.08 Å². The number of benzene rings is 1. The summed E-state index contributed by atoms with van der Waals surface area (Å²) in [5.41, 5.74) is 4.56. The molecular weight excluding hydrogens is 247 g/mol. The van der Waals surface area contributed by atoms with Gasteiger partial charge in [-0.15, -0.1) is 0 Å². The first-order chi connectivity index (χ1) is 6.40. The van der Waals surface area contributed by atoms with Crippen molar-refractivity contribution in [1.82, 2.24) is 0 Å². The molecule has 1 aliphatic carbocycles. The molecule has 1 heteroatoms. The van der Waals surface area contributed by atoms with Gasteiger partial charge in [0, 0.05) is 26.2 Å². The van der Waals surface area contributed by atoms with E-state index >= 15 is 0 Å². The Kier molecular flexibility index (Phi) is 4.82. The Morgan fingerprint density at radius 3 is 2.71 bits per heavy atom. The monoisotopic (exact) mass is 262 g/mol. The van der Waals surface area contributed by atoms with Gasteiger partial charge in [-0.2, -0.15) is 0 Å². The van der Waals surface area contributed by atoms with E-state index in [0.29, 0.717) is 0 Å². The summed E-state index contributed by atoms with van der Waals surface area (Å²) in [5.74, 6) is 0. The smallest absolute Gasteiger partial charge is 0 e. The van der Waals surface area contributed by atoms with Crippen LogP contribution in [0.3, 0.4) is 0 Å². The predicted octanol–water partition coefficient (Wildman–Crippen LogP) is 3.81. The molecule has 0 N–H and O–H groups in total. The van der Waals surface area contributed by atoms with Gasteiger partial charge in [0.15, 0.2) is 0 Å². The minimum atomic E-state index is 0. The number of rotatable bonds is 3. The van der Waals surface area contributed by atoms with Crippen molar-refractivity contribution in [3.8, 4) is 0 Å². The number of unbranched alkanes of at least 4 members (excludes halogenated alkanes) is 1. The standard InChI is InChI=1S/C13H16.Zr/c1-2-3-6-11-9-12-7-4-5-8-13(12)10-11;/h4-5,7-9H,2-3,6,10H2,1H3;. The van der Waals surface area contributed by atoms with Crippen LogP contribution in [0.1, 0.15) is 37.3 Å². The number of hydrogen-bond donors (Lipinski definition) is 0. The van der Waals surface area contributed by atoms with Gasteiger partial charge in [-0.3, -0.25) is 0 Å². The zero-order chi connectivity index (χ0) is 9.10. The van der Waals surface area contributed by atoms with E-state index in [4.69, 9.17) is 0 Å². The van der Waals surface area contributed by atoms with Crippen LogP contribution in [0.15, 0.2) is 29.8 Å².